The first kappa shape index (κ1) is 19.1. The van der Waals surface area contributed by atoms with Crippen LogP contribution in [-0.4, -0.2) is 31.3 Å². The van der Waals surface area contributed by atoms with Crippen LogP contribution < -0.4 is 15.4 Å². The Morgan fingerprint density at radius 2 is 2.13 bits per heavy atom. The molecule has 0 amide bonds. The Morgan fingerprint density at radius 3 is 2.78 bits per heavy atom. The Morgan fingerprint density at radius 1 is 1.30 bits per heavy atom. The summed E-state index contributed by atoms with van der Waals surface area (Å²) in [4.78, 5) is 4.02. The molecule has 0 unspecified atom stereocenters. The lowest BCUT2D eigenvalue weighted by atomic mass is 10.3. The number of nitrogens with one attached hydrogen (secondary N) is 2. The van der Waals surface area contributed by atoms with E-state index in [9.17, 15) is 8.78 Å². The quantitative estimate of drug-likeness (QED) is 0.314. The van der Waals surface area contributed by atoms with Crippen molar-refractivity contribution in [3.63, 3.8) is 0 Å². The third kappa shape index (κ3) is 6.38. The van der Waals surface area contributed by atoms with Crippen molar-refractivity contribution in [2.24, 2.45) is 4.99 Å². The molecule has 9 heteroatoms. The zero-order valence-corrected chi connectivity index (χ0v) is 14.7. The molecular weight excluding hydrogens is 421 g/mol. The molecule has 0 aliphatic rings. The molecule has 2 rings (SSSR count). The lowest BCUT2D eigenvalue weighted by Crippen LogP contribution is -2.38. The summed E-state index contributed by atoms with van der Waals surface area (Å²) in [7, 11) is 1.62. The Bertz CT molecular complexity index is 623. The van der Waals surface area contributed by atoms with Crippen LogP contribution in [-0.2, 0) is 6.54 Å². The highest BCUT2D eigenvalue weighted by molar-refractivity contribution is 14.0. The van der Waals surface area contributed by atoms with Crippen molar-refractivity contribution in [2.45, 2.75) is 6.54 Å². The average molecular weight is 438 g/mol. The smallest absolute Gasteiger partial charge is 0.191 e. The molecule has 0 aliphatic carbocycles. The number of benzene rings is 1. The van der Waals surface area contributed by atoms with Crippen LogP contribution in [0, 0.1) is 11.6 Å². The van der Waals surface area contributed by atoms with Crippen LogP contribution in [0.5, 0.6) is 5.75 Å². The summed E-state index contributed by atoms with van der Waals surface area (Å²) in [6.45, 7) is 1.06. The topological polar surface area (TPSA) is 71.7 Å². The van der Waals surface area contributed by atoms with Crippen molar-refractivity contribution in [1.82, 2.24) is 15.8 Å². The lowest BCUT2D eigenvalue weighted by molar-refractivity contribution is 0.304. The summed E-state index contributed by atoms with van der Waals surface area (Å²) in [5.74, 6) is -0.811. The summed E-state index contributed by atoms with van der Waals surface area (Å²) in [5.41, 5.74) is 0.743. The van der Waals surface area contributed by atoms with E-state index in [0.29, 0.717) is 19.0 Å². The molecule has 1 aromatic heterocycles. The van der Waals surface area contributed by atoms with Crippen molar-refractivity contribution in [1.29, 1.82) is 0 Å². The van der Waals surface area contributed by atoms with Gasteiger partial charge in [0.1, 0.15) is 24.4 Å². The zero-order chi connectivity index (χ0) is 15.8. The van der Waals surface area contributed by atoms with E-state index in [0.717, 1.165) is 17.8 Å². The van der Waals surface area contributed by atoms with Crippen LogP contribution in [0.4, 0.5) is 8.78 Å². The molecule has 0 radical (unpaired) electrons. The Kier molecular flexibility index (Phi) is 8.30. The van der Waals surface area contributed by atoms with Gasteiger partial charge in [-0.05, 0) is 12.1 Å². The Hall–Kier alpha value is -1.91. The van der Waals surface area contributed by atoms with Crippen LogP contribution in [0.15, 0.2) is 40.0 Å². The normalized spacial score (nSPS) is 10.8. The highest BCUT2D eigenvalue weighted by Gasteiger charge is 2.05. The van der Waals surface area contributed by atoms with E-state index < -0.39 is 11.6 Å². The predicted octanol–water partition coefficient (Wildman–Crippen LogP) is 2.31. The SMILES string of the molecule is CN=C(NCCOc1ccc(F)cc1F)NCc1ccon1.I. The van der Waals surface area contributed by atoms with Gasteiger partial charge in [-0.3, -0.25) is 4.99 Å². The largest absolute Gasteiger partial charge is 0.489 e. The van der Waals surface area contributed by atoms with Gasteiger partial charge in [-0.1, -0.05) is 5.16 Å². The van der Waals surface area contributed by atoms with Gasteiger partial charge in [0.15, 0.2) is 17.5 Å². The molecule has 1 heterocycles. The summed E-state index contributed by atoms with van der Waals surface area (Å²) < 4.78 is 36.0. The van der Waals surface area contributed by atoms with Crippen LogP contribution in [0.3, 0.4) is 0 Å². The standard InChI is InChI=1S/C14H16F2N4O2.HI/c1-17-14(19-9-11-4-6-22-20-11)18-5-7-21-13-3-2-10(15)8-12(13)16;/h2-4,6,8H,5,7,9H2,1H3,(H2,17,18,19);1H. The number of rotatable bonds is 6. The molecular formula is C14H17F2IN4O2. The lowest BCUT2D eigenvalue weighted by Gasteiger charge is -2.12. The van der Waals surface area contributed by atoms with E-state index in [2.05, 4.69) is 20.8 Å². The van der Waals surface area contributed by atoms with Gasteiger partial charge in [-0.15, -0.1) is 24.0 Å². The molecule has 0 saturated heterocycles. The second-order valence-corrected chi connectivity index (χ2v) is 4.27. The predicted molar refractivity (Wildman–Crippen MR) is 92.0 cm³/mol. The molecule has 0 spiro atoms. The minimum atomic E-state index is -0.728. The van der Waals surface area contributed by atoms with Crippen LogP contribution in [0.1, 0.15) is 5.69 Å². The van der Waals surface area contributed by atoms with Gasteiger partial charge in [-0.25, -0.2) is 8.78 Å². The molecule has 0 saturated carbocycles. The van der Waals surface area contributed by atoms with Crippen LogP contribution in [0.2, 0.25) is 0 Å². The molecule has 1 aromatic carbocycles. The highest BCUT2D eigenvalue weighted by atomic mass is 127. The van der Waals surface area contributed by atoms with E-state index in [4.69, 9.17) is 9.26 Å². The van der Waals surface area contributed by atoms with Gasteiger partial charge in [0.25, 0.3) is 0 Å². The molecule has 2 aromatic rings. The van der Waals surface area contributed by atoms with Crippen molar-refractivity contribution < 1.29 is 18.0 Å². The number of ether oxygens (including phenoxy) is 1. The number of hydrogen-bond donors (Lipinski definition) is 2. The maximum absolute atomic E-state index is 13.3. The van der Waals surface area contributed by atoms with Crippen molar-refractivity contribution in [3.8, 4) is 5.75 Å². The first-order valence-corrected chi connectivity index (χ1v) is 6.60. The van der Waals surface area contributed by atoms with Gasteiger partial charge in [0.2, 0.25) is 0 Å². The first-order chi connectivity index (χ1) is 10.7. The highest BCUT2D eigenvalue weighted by Crippen LogP contribution is 2.17. The van der Waals surface area contributed by atoms with E-state index >= 15 is 0 Å². The fraction of sp³-hybridized carbons (Fsp3) is 0.286. The monoisotopic (exact) mass is 438 g/mol. The number of guanidine groups is 1. The van der Waals surface area contributed by atoms with Gasteiger partial charge in [0, 0.05) is 19.2 Å². The maximum Gasteiger partial charge on any atom is 0.191 e. The summed E-state index contributed by atoms with van der Waals surface area (Å²) in [6, 6.07) is 4.91. The fourth-order valence-corrected chi connectivity index (χ4v) is 1.65. The van der Waals surface area contributed by atoms with Crippen molar-refractivity contribution >= 4 is 29.9 Å². The second kappa shape index (κ2) is 9.98. The molecule has 0 aliphatic heterocycles. The number of aliphatic imine (C=N–C) groups is 1. The second-order valence-electron chi connectivity index (χ2n) is 4.27. The maximum atomic E-state index is 13.3. The molecule has 23 heavy (non-hydrogen) atoms. The Balaban J connectivity index is 0.00000264. The van der Waals surface area contributed by atoms with Crippen LogP contribution >= 0.6 is 24.0 Å². The fourth-order valence-electron chi connectivity index (χ4n) is 1.65. The number of hydrogen-bond acceptors (Lipinski definition) is 4. The number of aromatic nitrogens is 1. The number of nitrogens with zero attached hydrogens (tertiary/aromatic N) is 2. The van der Waals surface area contributed by atoms with Gasteiger partial charge in [-0.2, -0.15) is 0 Å². The summed E-state index contributed by atoms with van der Waals surface area (Å²) >= 11 is 0. The van der Waals surface area contributed by atoms with Gasteiger partial charge >= 0.3 is 0 Å². The number of halogens is 3. The van der Waals surface area contributed by atoms with Crippen molar-refractivity contribution in [3.05, 3.63) is 47.9 Å². The third-order valence-electron chi connectivity index (χ3n) is 2.70. The first-order valence-electron chi connectivity index (χ1n) is 6.60. The van der Waals surface area contributed by atoms with Gasteiger partial charge < -0.3 is 19.9 Å². The van der Waals surface area contributed by atoms with E-state index in [1.54, 1.807) is 13.1 Å². The molecule has 6 nitrogen and oxygen atoms in total. The van der Waals surface area contributed by atoms with Crippen LogP contribution in [0.25, 0.3) is 0 Å². The third-order valence-corrected chi connectivity index (χ3v) is 2.70. The summed E-state index contributed by atoms with van der Waals surface area (Å²) in [5, 5.41) is 9.78. The average Bonchev–Trinajstić information content (AvgIpc) is 3.01. The van der Waals surface area contributed by atoms with E-state index in [-0.39, 0.29) is 36.3 Å². The minimum Gasteiger partial charge on any atom is -0.489 e. The summed E-state index contributed by atoms with van der Waals surface area (Å²) in [6.07, 6.45) is 1.48. The van der Waals surface area contributed by atoms with Gasteiger partial charge in [0.05, 0.1) is 13.1 Å². The molecule has 2 N–H and O–H groups in total. The minimum absolute atomic E-state index is 0. The molecule has 0 bridgehead atoms. The van der Waals surface area contributed by atoms with E-state index in [1.165, 1.54) is 12.3 Å². The van der Waals surface area contributed by atoms with E-state index in [1.807, 2.05) is 0 Å². The zero-order valence-electron chi connectivity index (χ0n) is 12.4. The molecule has 0 fully saturated rings. The molecule has 0 atom stereocenters. The Labute approximate surface area is 149 Å². The molecule has 126 valence electrons. The van der Waals surface area contributed by atoms with Crippen molar-refractivity contribution in [2.75, 3.05) is 20.2 Å².